The van der Waals surface area contributed by atoms with Crippen molar-refractivity contribution >= 4 is 21.7 Å². The van der Waals surface area contributed by atoms with Gasteiger partial charge in [-0.3, -0.25) is 4.79 Å². The van der Waals surface area contributed by atoms with Crippen molar-refractivity contribution in [2.45, 2.75) is 17.9 Å². The summed E-state index contributed by atoms with van der Waals surface area (Å²) in [6.07, 6.45) is -0.170. The van der Waals surface area contributed by atoms with Crippen LogP contribution in [0, 0.1) is 0 Å². The van der Waals surface area contributed by atoms with Gasteiger partial charge in [-0.2, -0.15) is 0 Å². The van der Waals surface area contributed by atoms with Crippen LogP contribution in [0.1, 0.15) is 22.3 Å². The third-order valence-electron chi connectivity index (χ3n) is 4.34. The summed E-state index contributed by atoms with van der Waals surface area (Å²) in [5.74, 6) is -0.254. The van der Waals surface area contributed by atoms with Crippen molar-refractivity contribution < 1.29 is 32.2 Å². The van der Waals surface area contributed by atoms with Crippen LogP contribution in [-0.2, 0) is 25.9 Å². The zero-order valence-corrected chi connectivity index (χ0v) is 16.7. The monoisotopic (exact) mass is 419 g/mol. The van der Waals surface area contributed by atoms with Crippen molar-refractivity contribution in [2.75, 3.05) is 26.1 Å². The number of carbonyl (C=O) groups excluding carboxylic acids is 2. The van der Waals surface area contributed by atoms with E-state index in [2.05, 4.69) is 10.1 Å². The van der Waals surface area contributed by atoms with Crippen LogP contribution in [0.4, 0.5) is 0 Å². The van der Waals surface area contributed by atoms with E-state index in [-0.39, 0.29) is 29.5 Å². The van der Waals surface area contributed by atoms with Crippen molar-refractivity contribution in [2.24, 2.45) is 0 Å². The van der Waals surface area contributed by atoms with Gasteiger partial charge in [0.15, 0.2) is 21.3 Å². The minimum atomic E-state index is -3.64. The number of rotatable bonds is 7. The molecule has 0 atom stereocenters. The number of sulfone groups is 1. The number of amides is 1. The second kappa shape index (κ2) is 8.95. The predicted octanol–water partition coefficient (Wildman–Crippen LogP) is 1.72. The molecule has 0 saturated carbocycles. The van der Waals surface area contributed by atoms with E-state index in [1.165, 1.54) is 19.2 Å². The smallest absolute Gasteiger partial charge is 0.337 e. The lowest BCUT2D eigenvalue weighted by Gasteiger charge is -2.18. The summed E-state index contributed by atoms with van der Waals surface area (Å²) in [6.45, 7) is 1.01. The van der Waals surface area contributed by atoms with Crippen molar-refractivity contribution in [3.63, 3.8) is 0 Å². The molecule has 0 aliphatic carbocycles. The van der Waals surface area contributed by atoms with Crippen LogP contribution >= 0.6 is 0 Å². The summed E-state index contributed by atoms with van der Waals surface area (Å²) < 4.78 is 40.4. The standard InChI is InChI=1S/C20H21NO7S/c1-26-20(23)15-4-2-14(3-5-15)13-21-19(22)8-11-29(24,25)16-6-7-17-18(12-16)28-10-9-27-17/h2-7,12H,8-11,13H2,1H3,(H,21,22). The van der Waals surface area contributed by atoms with Gasteiger partial charge in [0.05, 0.1) is 23.3 Å². The van der Waals surface area contributed by atoms with Gasteiger partial charge in [0.25, 0.3) is 0 Å². The van der Waals surface area contributed by atoms with Gasteiger partial charge < -0.3 is 19.5 Å². The molecule has 0 unspecified atom stereocenters. The van der Waals surface area contributed by atoms with Gasteiger partial charge in [0, 0.05) is 19.0 Å². The summed E-state index contributed by atoms with van der Waals surface area (Å²) in [7, 11) is -2.34. The molecule has 1 amide bonds. The van der Waals surface area contributed by atoms with Gasteiger partial charge in [-0.25, -0.2) is 13.2 Å². The number of ether oxygens (including phenoxy) is 3. The Hall–Kier alpha value is -3.07. The quantitative estimate of drug-likeness (QED) is 0.681. The molecule has 0 fully saturated rings. The Kier molecular flexibility index (Phi) is 6.38. The number of esters is 1. The first-order valence-corrected chi connectivity index (χ1v) is 10.6. The zero-order chi connectivity index (χ0) is 20.9. The van der Waals surface area contributed by atoms with Crippen molar-refractivity contribution in [1.29, 1.82) is 0 Å². The van der Waals surface area contributed by atoms with Crippen LogP contribution in [0.15, 0.2) is 47.4 Å². The third-order valence-corrected chi connectivity index (χ3v) is 6.05. The summed E-state index contributed by atoms with van der Waals surface area (Å²) in [6, 6.07) is 11.0. The highest BCUT2D eigenvalue weighted by molar-refractivity contribution is 7.91. The summed E-state index contributed by atoms with van der Waals surface area (Å²) in [4.78, 5) is 23.5. The summed E-state index contributed by atoms with van der Waals surface area (Å²) in [5, 5.41) is 2.67. The molecule has 8 nitrogen and oxygen atoms in total. The second-order valence-corrected chi connectivity index (χ2v) is 8.45. The van der Waals surface area contributed by atoms with Crippen LogP contribution in [0.25, 0.3) is 0 Å². The molecule has 1 heterocycles. The first-order chi connectivity index (χ1) is 13.9. The van der Waals surface area contributed by atoms with Gasteiger partial charge in [-0.1, -0.05) is 12.1 Å². The molecule has 0 bridgehead atoms. The average molecular weight is 419 g/mol. The van der Waals surface area contributed by atoms with E-state index in [9.17, 15) is 18.0 Å². The first-order valence-electron chi connectivity index (χ1n) is 8.95. The van der Waals surface area contributed by atoms with Gasteiger partial charge in [0.1, 0.15) is 13.2 Å². The highest BCUT2D eigenvalue weighted by atomic mass is 32.2. The fourth-order valence-electron chi connectivity index (χ4n) is 2.73. The molecule has 2 aromatic rings. The summed E-state index contributed by atoms with van der Waals surface area (Å²) in [5.41, 5.74) is 1.19. The average Bonchev–Trinajstić information content (AvgIpc) is 2.75. The van der Waals surface area contributed by atoms with Gasteiger partial charge in [-0.15, -0.1) is 0 Å². The molecule has 1 N–H and O–H groups in total. The van der Waals surface area contributed by atoms with E-state index in [1.54, 1.807) is 30.3 Å². The molecule has 1 aliphatic rings. The molecule has 29 heavy (non-hydrogen) atoms. The second-order valence-electron chi connectivity index (χ2n) is 6.34. The fraction of sp³-hybridized carbons (Fsp3) is 0.300. The van der Waals surface area contributed by atoms with E-state index in [1.807, 2.05) is 0 Å². The molecule has 2 aromatic carbocycles. The number of methoxy groups -OCH3 is 1. The number of benzene rings is 2. The molecule has 0 radical (unpaired) electrons. The maximum absolute atomic E-state index is 12.5. The highest BCUT2D eigenvalue weighted by Crippen LogP contribution is 2.32. The number of hydrogen-bond acceptors (Lipinski definition) is 7. The molecule has 0 saturated heterocycles. The van der Waals surface area contributed by atoms with E-state index in [0.717, 1.165) is 5.56 Å². The molecule has 154 valence electrons. The lowest BCUT2D eigenvalue weighted by Crippen LogP contribution is -2.25. The highest BCUT2D eigenvalue weighted by Gasteiger charge is 2.20. The molecule has 0 aromatic heterocycles. The lowest BCUT2D eigenvalue weighted by atomic mass is 10.1. The molecular formula is C20H21NO7S. The van der Waals surface area contributed by atoms with Crippen molar-refractivity contribution in [3.05, 3.63) is 53.6 Å². The minimum Gasteiger partial charge on any atom is -0.486 e. The van der Waals surface area contributed by atoms with Crippen LogP contribution < -0.4 is 14.8 Å². The van der Waals surface area contributed by atoms with Crippen LogP contribution in [0.3, 0.4) is 0 Å². The third kappa shape index (κ3) is 5.26. The molecule has 1 aliphatic heterocycles. The number of hydrogen-bond donors (Lipinski definition) is 1. The maximum Gasteiger partial charge on any atom is 0.337 e. The largest absolute Gasteiger partial charge is 0.486 e. The Morgan fingerprint density at radius 2 is 1.72 bits per heavy atom. The van der Waals surface area contributed by atoms with E-state index in [4.69, 9.17) is 9.47 Å². The number of fused-ring (bicyclic) bond motifs is 1. The van der Waals surface area contributed by atoms with E-state index in [0.29, 0.717) is 30.3 Å². The van der Waals surface area contributed by atoms with E-state index < -0.39 is 15.8 Å². The Balaban J connectivity index is 1.52. The predicted molar refractivity (Wildman–Crippen MR) is 104 cm³/mol. The Bertz CT molecular complexity index is 1000. The fourth-order valence-corrected chi connectivity index (χ4v) is 3.98. The topological polar surface area (TPSA) is 108 Å². The molecule has 0 spiro atoms. The normalized spacial score (nSPS) is 12.9. The Morgan fingerprint density at radius 3 is 2.41 bits per heavy atom. The Labute approximate surface area is 168 Å². The number of nitrogens with one attached hydrogen (secondary N) is 1. The van der Waals surface area contributed by atoms with Gasteiger partial charge in [0.2, 0.25) is 5.91 Å². The zero-order valence-electron chi connectivity index (χ0n) is 15.8. The molecule has 9 heteroatoms. The van der Waals surface area contributed by atoms with Crippen LogP contribution in [-0.4, -0.2) is 46.4 Å². The van der Waals surface area contributed by atoms with Crippen LogP contribution in [0.2, 0.25) is 0 Å². The summed E-state index contributed by atoms with van der Waals surface area (Å²) >= 11 is 0. The van der Waals surface area contributed by atoms with E-state index >= 15 is 0 Å². The van der Waals surface area contributed by atoms with Crippen molar-refractivity contribution in [3.8, 4) is 11.5 Å². The maximum atomic E-state index is 12.5. The van der Waals surface area contributed by atoms with Crippen LogP contribution in [0.5, 0.6) is 11.5 Å². The Morgan fingerprint density at radius 1 is 1.03 bits per heavy atom. The minimum absolute atomic E-state index is 0.0907. The number of carbonyl (C=O) groups is 2. The van der Waals surface area contributed by atoms with Gasteiger partial charge >= 0.3 is 5.97 Å². The molecule has 3 rings (SSSR count). The SMILES string of the molecule is COC(=O)c1ccc(CNC(=O)CCS(=O)(=O)c2ccc3c(c2)OCCO3)cc1. The van der Waals surface area contributed by atoms with Gasteiger partial charge in [-0.05, 0) is 29.8 Å². The lowest BCUT2D eigenvalue weighted by molar-refractivity contribution is -0.120. The van der Waals surface area contributed by atoms with Crippen molar-refractivity contribution in [1.82, 2.24) is 5.32 Å². The molecular weight excluding hydrogens is 398 g/mol. The first kappa shape index (κ1) is 20.7.